The summed E-state index contributed by atoms with van der Waals surface area (Å²) >= 11 is 0. The third kappa shape index (κ3) is 4.79. The van der Waals surface area contributed by atoms with Crippen LogP contribution in [0.4, 0.5) is 0 Å². The predicted octanol–water partition coefficient (Wildman–Crippen LogP) is 1.57. The van der Waals surface area contributed by atoms with E-state index in [0.29, 0.717) is 6.42 Å². The van der Waals surface area contributed by atoms with Crippen LogP contribution in [0, 0.1) is 0 Å². The molecule has 132 valence electrons. The third-order valence-electron chi connectivity index (χ3n) is 4.82. The molecular formula is C19H28N2O3. The molecule has 2 heterocycles. The zero-order valence-electron chi connectivity index (χ0n) is 14.5. The summed E-state index contributed by atoms with van der Waals surface area (Å²) in [5.74, 6) is 0.273. The van der Waals surface area contributed by atoms with Gasteiger partial charge in [0.15, 0.2) is 0 Å². The number of fused-ring (bicyclic) bond motifs is 2. The van der Waals surface area contributed by atoms with Crippen LogP contribution in [0.15, 0.2) is 30.3 Å². The molecule has 1 aromatic rings. The molecule has 0 N–H and O–H groups in total. The summed E-state index contributed by atoms with van der Waals surface area (Å²) < 4.78 is 11.2. The van der Waals surface area contributed by atoms with E-state index < -0.39 is 0 Å². The fourth-order valence-corrected chi connectivity index (χ4v) is 3.63. The van der Waals surface area contributed by atoms with Gasteiger partial charge < -0.3 is 14.4 Å². The maximum Gasteiger partial charge on any atom is 0.222 e. The van der Waals surface area contributed by atoms with Gasteiger partial charge in [-0.05, 0) is 18.4 Å². The maximum absolute atomic E-state index is 12.5. The van der Waals surface area contributed by atoms with Crippen molar-refractivity contribution < 1.29 is 14.3 Å². The first-order chi connectivity index (χ1) is 11.7. The molecule has 3 rings (SSSR count). The van der Waals surface area contributed by atoms with Crippen molar-refractivity contribution in [1.29, 1.82) is 0 Å². The third-order valence-corrected chi connectivity index (χ3v) is 4.82. The molecule has 0 radical (unpaired) electrons. The van der Waals surface area contributed by atoms with Gasteiger partial charge in [-0.25, -0.2) is 0 Å². The van der Waals surface area contributed by atoms with Crippen LogP contribution >= 0.6 is 0 Å². The number of nitrogens with zero attached hydrogens (tertiary/aromatic N) is 2. The summed E-state index contributed by atoms with van der Waals surface area (Å²) in [6.45, 7) is 4.94. The number of carbonyl (C=O) groups is 1. The number of morpholine rings is 2. The van der Waals surface area contributed by atoms with E-state index in [4.69, 9.17) is 9.47 Å². The first kappa shape index (κ1) is 17.4. The van der Waals surface area contributed by atoms with Gasteiger partial charge in [-0.1, -0.05) is 30.3 Å². The molecule has 5 heteroatoms. The lowest BCUT2D eigenvalue weighted by molar-refractivity contribution is -0.161. The molecule has 2 fully saturated rings. The fourth-order valence-electron chi connectivity index (χ4n) is 3.63. The molecule has 2 saturated heterocycles. The minimum atomic E-state index is 0.146. The topological polar surface area (TPSA) is 42.0 Å². The van der Waals surface area contributed by atoms with E-state index in [9.17, 15) is 4.79 Å². The molecule has 2 aliphatic rings. The van der Waals surface area contributed by atoms with E-state index in [0.717, 1.165) is 52.2 Å². The van der Waals surface area contributed by atoms with Gasteiger partial charge in [0.1, 0.15) is 0 Å². The number of hydrogen-bond donors (Lipinski definition) is 0. The Labute approximate surface area is 144 Å². The number of aryl methyl sites for hydroxylation is 1. The Morgan fingerprint density at radius 3 is 2.54 bits per heavy atom. The van der Waals surface area contributed by atoms with Gasteiger partial charge in [-0.3, -0.25) is 9.69 Å². The highest BCUT2D eigenvalue weighted by molar-refractivity contribution is 5.76. The van der Waals surface area contributed by atoms with Crippen LogP contribution in [0.2, 0.25) is 0 Å². The number of rotatable bonds is 7. The molecular weight excluding hydrogens is 304 g/mol. The lowest BCUT2D eigenvalue weighted by atomic mass is 10.1. The lowest BCUT2D eigenvalue weighted by Gasteiger charge is -2.45. The van der Waals surface area contributed by atoms with Gasteiger partial charge in [0.05, 0.1) is 18.8 Å². The highest BCUT2D eigenvalue weighted by Gasteiger charge is 2.36. The van der Waals surface area contributed by atoms with E-state index in [2.05, 4.69) is 29.2 Å². The summed E-state index contributed by atoms with van der Waals surface area (Å²) in [6.07, 6.45) is 2.80. The molecule has 1 amide bonds. The Morgan fingerprint density at radius 2 is 1.88 bits per heavy atom. The number of ether oxygens (including phenoxy) is 2. The van der Waals surface area contributed by atoms with Crippen molar-refractivity contribution in [2.75, 3.05) is 46.4 Å². The summed E-state index contributed by atoms with van der Waals surface area (Å²) in [4.78, 5) is 16.9. The molecule has 2 unspecified atom stereocenters. The largest absolute Gasteiger partial charge is 0.383 e. The number of carbonyl (C=O) groups excluding carboxylic acids is 1. The number of amides is 1. The first-order valence-electron chi connectivity index (χ1n) is 8.93. The van der Waals surface area contributed by atoms with E-state index in [1.807, 2.05) is 11.0 Å². The highest BCUT2D eigenvalue weighted by Crippen LogP contribution is 2.20. The second kappa shape index (κ2) is 8.60. The Kier molecular flexibility index (Phi) is 6.24. The fraction of sp³-hybridized carbons (Fsp3) is 0.632. The van der Waals surface area contributed by atoms with Crippen LogP contribution in [-0.2, 0) is 20.7 Å². The van der Waals surface area contributed by atoms with Gasteiger partial charge in [-0.2, -0.15) is 0 Å². The molecule has 0 aromatic heterocycles. The Bertz CT molecular complexity index is 509. The van der Waals surface area contributed by atoms with Crippen LogP contribution < -0.4 is 0 Å². The molecule has 2 atom stereocenters. The van der Waals surface area contributed by atoms with Crippen molar-refractivity contribution >= 4 is 5.91 Å². The van der Waals surface area contributed by atoms with Crippen molar-refractivity contribution in [3.05, 3.63) is 35.9 Å². The Hall–Kier alpha value is -1.43. The quantitative estimate of drug-likeness (QED) is 0.760. The average Bonchev–Trinajstić information content (AvgIpc) is 2.60. The Balaban J connectivity index is 1.42. The zero-order valence-corrected chi connectivity index (χ0v) is 14.5. The van der Waals surface area contributed by atoms with Gasteiger partial charge in [0, 0.05) is 46.3 Å². The minimum absolute atomic E-state index is 0.146. The van der Waals surface area contributed by atoms with Crippen molar-refractivity contribution in [2.45, 2.75) is 31.5 Å². The van der Waals surface area contributed by atoms with Crippen LogP contribution in [-0.4, -0.2) is 74.4 Å². The summed E-state index contributed by atoms with van der Waals surface area (Å²) in [6, 6.07) is 10.4. The standard InChI is InChI=1S/C19H28N2O3/c1-23-11-10-20-12-17-14-21(15-18(13-20)24-17)19(22)9-5-8-16-6-3-2-4-7-16/h2-4,6-7,17-18H,5,8-15H2,1H3. The van der Waals surface area contributed by atoms with Crippen molar-refractivity contribution in [3.63, 3.8) is 0 Å². The monoisotopic (exact) mass is 332 g/mol. The van der Waals surface area contributed by atoms with E-state index in [-0.39, 0.29) is 18.1 Å². The van der Waals surface area contributed by atoms with Crippen LogP contribution in [0.3, 0.4) is 0 Å². The minimum Gasteiger partial charge on any atom is -0.383 e. The van der Waals surface area contributed by atoms with Crippen molar-refractivity contribution in [3.8, 4) is 0 Å². The molecule has 1 aromatic carbocycles. The molecule has 0 spiro atoms. The second-order valence-corrected chi connectivity index (χ2v) is 6.77. The van der Waals surface area contributed by atoms with E-state index in [1.54, 1.807) is 7.11 Å². The second-order valence-electron chi connectivity index (χ2n) is 6.77. The normalized spacial score (nSPS) is 24.1. The summed E-state index contributed by atoms with van der Waals surface area (Å²) in [7, 11) is 1.73. The number of hydrogen-bond acceptors (Lipinski definition) is 4. The van der Waals surface area contributed by atoms with E-state index >= 15 is 0 Å². The summed E-state index contributed by atoms with van der Waals surface area (Å²) in [5, 5.41) is 0. The van der Waals surface area contributed by atoms with Crippen LogP contribution in [0.1, 0.15) is 18.4 Å². The van der Waals surface area contributed by atoms with Gasteiger partial charge in [0.25, 0.3) is 0 Å². The van der Waals surface area contributed by atoms with Gasteiger partial charge in [-0.15, -0.1) is 0 Å². The number of methoxy groups -OCH3 is 1. The molecule has 0 aliphatic carbocycles. The first-order valence-corrected chi connectivity index (χ1v) is 8.93. The molecule has 2 aliphatic heterocycles. The molecule has 5 nitrogen and oxygen atoms in total. The lowest BCUT2D eigenvalue weighted by Crippen LogP contribution is -2.60. The molecule has 24 heavy (non-hydrogen) atoms. The Morgan fingerprint density at radius 1 is 1.17 bits per heavy atom. The molecule has 0 saturated carbocycles. The summed E-state index contributed by atoms with van der Waals surface area (Å²) in [5.41, 5.74) is 1.30. The zero-order chi connectivity index (χ0) is 16.8. The van der Waals surface area contributed by atoms with E-state index in [1.165, 1.54) is 5.56 Å². The van der Waals surface area contributed by atoms with Gasteiger partial charge >= 0.3 is 0 Å². The highest BCUT2D eigenvalue weighted by atomic mass is 16.5. The van der Waals surface area contributed by atoms with Crippen molar-refractivity contribution in [2.24, 2.45) is 0 Å². The van der Waals surface area contributed by atoms with Crippen LogP contribution in [0.25, 0.3) is 0 Å². The average molecular weight is 332 g/mol. The number of benzene rings is 1. The van der Waals surface area contributed by atoms with Gasteiger partial charge in [0.2, 0.25) is 5.91 Å². The predicted molar refractivity (Wildman–Crippen MR) is 92.9 cm³/mol. The van der Waals surface area contributed by atoms with Crippen LogP contribution in [0.5, 0.6) is 0 Å². The SMILES string of the molecule is COCCN1CC2CN(C(=O)CCCc3ccccc3)CC(C1)O2. The molecule has 2 bridgehead atoms. The maximum atomic E-state index is 12.5. The smallest absolute Gasteiger partial charge is 0.222 e. The van der Waals surface area contributed by atoms with Crippen molar-refractivity contribution in [1.82, 2.24) is 9.80 Å².